The topological polar surface area (TPSA) is 78.7 Å². The van der Waals surface area contributed by atoms with E-state index in [1.54, 1.807) is 11.6 Å². The first-order valence-corrected chi connectivity index (χ1v) is 10.6. The van der Waals surface area contributed by atoms with Crippen LogP contribution >= 0.6 is 0 Å². The molecule has 4 heterocycles. The minimum Gasteiger partial charge on any atom is -0.395 e. The van der Waals surface area contributed by atoms with Gasteiger partial charge >= 0.3 is 0 Å². The van der Waals surface area contributed by atoms with E-state index in [0.717, 1.165) is 25.2 Å². The summed E-state index contributed by atoms with van der Waals surface area (Å²) in [5.41, 5.74) is 2.08. The van der Waals surface area contributed by atoms with Gasteiger partial charge in [0.05, 0.1) is 17.9 Å². The number of fused-ring (bicyclic) bond motifs is 4. The molecular formula is C21H32N4O3. The summed E-state index contributed by atoms with van der Waals surface area (Å²) in [5, 5.41) is 14.5. The molecule has 3 saturated heterocycles. The molecule has 0 radical (unpaired) electrons. The summed E-state index contributed by atoms with van der Waals surface area (Å²) < 4.78 is 1.68. The molecule has 2 bridgehead atoms. The Labute approximate surface area is 166 Å². The van der Waals surface area contributed by atoms with Crippen molar-refractivity contribution in [2.45, 2.75) is 65.1 Å². The second-order valence-electron chi connectivity index (χ2n) is 8.87. The third-order valence-corrected chi connectivity index (χ3v) is 7.18. The molecule has 0 aromatic carbocycles. The van der Waals surface area contributed by atoms with Crippen molar-refractivity contribution in [1.82, 2.24) is 19.6 Å². The second kappa shape index (κ2) is 7.59. The highest BCUT2D eigenvalue weighted by Crippen LogP contribution is 2.41. The highest BCUT2D eigenvalue weighted by molar-refractivity contribution is 5.96. The van der Waals surface area contributed by atoms with Crippen LogP contribution in [0.15, 0.2) is 0 Å². The Kier molecular flexibility index (Phi) is 5.31. The Morgan fingerprint density at radius 1 is 1.18 bits per heavy atom. The average Bonchev–Trinajstić information content (AvgIpc) is 2.95. The van der Waals surface area contributed by atoms with E-state index in [1.165, 1.54) is 19.3 Å². The molecule has 0 unspecified atom stereocenters. The van der Waals surface area contributed by atoms with Crippen LogP contribution in [0, 0.1) is 25.7 Å². The van der Waals surface area contributed by atoms with E-state index < -0.39 is 0 Å². The van der Waals surface area contributed by atoms with Crippen molar-refractivity contribution < 1.29 is 14.7 Å². The summed E-state index contributed by atoms with van der Waals surface area (Å²) in [4.78, 5) is 29.5. The van der Waals surface area contributed by atoms with Gasteiger partial charge in [0, 0.05) is 30.9 Å². The average molecular weight is 389 g/mol. The number of aliphatic hydroxyl groups is 1. The molecule has 3 fully saturated rings. The number of rotatable bonds is 4. The Balaban J connectivity index is 1.51. The summed E-state index contributed by atoms with van der Waals surface area (Å²) in [5.74, 6) is 0.898. The number of carbonyl (C=O) groups excluding carboxylic acids is 2. The van der Waals surface area contributed by atoms with E-state index >= 15 is 0 Å². The maximum atomic E-state index is 13.1. The Morgan fingerprint density at radius 3 is 2.61 bits per heavy atom. The Morgan fingerprint density at radius 2 is 1.93 bits per heavy atom. The van der Waals surface area contributed by atoms with Crippen molar-refractivity contribution in [2.75, 3.05) is 26.2 Å². The number of aromatic nitrogens is 2. The number of aliphatic hydroxyl groups excluding tert-OH is 1. The van der Waals surface area contributed by atoms with Crippen molar-refractivity contribution in [1.29, 1.82) is 0 Å². The van der Waals surface area contributed by atoms with Crippen molar-refractivity contribution >= 4 is 11.7 Å². The smallest absolute Gasteiger partial charge is 0.244 e. The molecule has 1 amide bonds. The maximum Gasteiger partial charge on any atom is 0.244 e. The standard InChI is InChI=1S/C21H32N4O3/c1-13-21(15(3)27)14(2)25(22-13)11-20(28)23-9-16-8-17(10-23)19(12-26)24-7-5-4-6-18(16)24/h16-19,26H,4-12H2,1-3H3/t16-,17+,18+,19+/m1/s1. The first kappa shape index (κ1) is 19.6. The number of hydrogen-bond acceptors (Lipinski definition) is 5. The fourth-order valence-corrected chi connectivity index (χ4v) is 5.95. The van der Waals surface area contributed by atoms with Crippen LogP contribution in [0.3, 0.4) is 0 Å². The summed E-state index contributed by atoms with van der Waals surface area (Å²) in [6, 6.07) is 0.672. The van der Waals surface area contributed by atoms with Crippen LogP contribution in [0.2, 0.25) is 0 Å². The highest BCUT2D eigenvalue weighted by Gasteiger charge is 2.47. The minimum absolute atomic E-state index is 0.00983. The van der Waals surface area contributed by atoms with Crippen molar-refractivity contribution in [2.24, 2.45) is 11.8 Å². The van der Waals surface area contributed by atoms with Crippen LogP contribution in [0.4, 0.5) is 0 Å². The van der Waals surface area contributed by atoms with Gasteiger partial charge in [0.15, 0.2) is 5.78 Å². The SMILES string of the molecule is CC(=O)c1c(C)nn(CC(=O)N2C[C@H]3C[C@@H](C2)[C@H](CO)N2CCCC[C@@H]32)c1C. The van der Waals surface area contributed by atoms with Gasteiger partial charge < -0.3 is 10.0 Å². The lowest BCUT2D eigenvalue weighted by Crippen LogP contribution is -2.65. The molecular weight excluding hydrogens is 356 g/mol. The molecule has 1 aromatic rings. The zero-order valence-electron chi connectivity index (χ0n) is 17.2. The number of piperidine rings is 3. The van der Waals surface area contributed by atoms with Gasteiger partial charge in [0.1, 0.15) is 6.54 Å². The van der Waals surface area contributed by atoms with Crippen LogP contribution < -0.4 is 0 Å². The zero-order chi connectivity index (χ0) is 20.0. The molecule has 7 nitrogen and oxygen atoms in total. The number of Topliss-reactive ketones (excluding diaryl/α,β-unsaturated/α-hetero) is 1. The molecule has 4 rings (SSSR count). The number of carbonyl (C=O) groups is 2. The summed E-state index contributed by atoms with van der Waals surface area (Å²) >= 11 is 0. The monoisotopic (exact) mass is 388 g/mol. The third-order valence-electron chi connectivity index (χ3n) is 7.18. The van der Waals surface area contributed by atoms with Crippen LogP contribution in [0.5, 0.6) is 0 Å². The van der Waals surface area contributed by atoms with E-state index in [1.807, 2.05) is 18.7 Å². The number of ketones is 1. The minimum atomic E-state index is -0.00983. The van der Waals surface area contributed by atoms with E-state index in [4.69, 9.17) is 0 Å². The van der Waals surface area contributed by atoms with Gasteiger partial charge in [-0.15, -0.1) is 0 Å². The third kappa shape index (κ3) is 3.28. The van der Waals surface area contributed by atoms with Gasteiger partial charge in [-0.3, -0.25) is 19.2 Å². The van der Waals surface area contributed by atoms with Crippen molar-refractivity contribution in [3.63, 3.8) is 0 Å². The number of likely N-dealkylation sites (tertiary alicyclic amines) is 1. The normalized spacial score (nSPS) is 30.2. The molecule has 0 spiro atoms. The highest BCUT2D eigenvalue weighted by atomic mass is 16.3. The molecule has 3 aliphatic rings. The van der Waals surface area contributed by atoms with Crippen molar-refractivity contribution in [3.8, 4) is 0 Å². The molecule has 1 N–H and O–H groups in total. The maximum absolute atomic E-state index is 13.1. The number of hydrogen-bond donors (Lipinski definition) is 1. The van der Waals surface area contributed by atoms with Crippen LogP contribution in [0.1, 0.15) is 54.4 Å². The van der Waals surface area contributed by atoms with E-state index in [-0.39, 0.29) is 30.9 Å². The van der Waals surface area contributed by atoms with Crippen molar-refractivity contribution in [3.05, 3.63) is 17.0 Å². The number of amides is 1. The van der Waals surface area contributed by atoms with Gasteiger partial charge in [-0.05, 0) is 58.4 Å². The van der Waals surface area contributed by atoms with Crippen LogP contribution in [0.25, 0.3) is 0 Å². The van der Waals surface area contributed by atoms with E-state index in [0.29, 0.717) is 35.7 Å². The second-order valence-corrected chi connectivity index (χ2v) is 8.87. The molecule has 7 heteroatoms. The van der Waals surface area contributed by atoms with E-state index in [2.05, 4.69) is 10.00 Å². The van der Waals surface area contributed by atoms with Gasteiger partial charge in [-0.2, -0.15) is 5.10 Å². The molecule has 3 aliphatic heterocycles. The molecule has 0 saturated carbocycles. The first-order valence-electron chi connectivity index (χ1n) is 10.6. The molecule has 4 atom stereocenters. The van der Waals surface area contributed by atoms with Gasteiger partial charge in [-0.25, -0.2) is 0 Å². The quantitative estimate of drug-likeness (QED) is 0.789. The predicted molar refractivity (Wildman–Crippen MR) is 105 cm³/mol. The number of nitrogens with zero attached hydrogens (tertiary/aromatic N) is 4. The Hall–Kier alpha value is -1.73. The van der Waals surface area contributed by atoms with Crippen LogP contribution in [-0.2, 0) is 11.3 Å². The lowest BCUT2D eigenvalue weighted by molar-refractivity contribution is -0.143. The van der Waals surface area contributed by atoms with Gasteiger partial charge in [0.25, 0.3) is 0 Å². The van der Waals surface area contributed by atoms with E-state index in [9.17, 15) is 14.7 Å². The van der Waals surface area contributed by atoms with Crippen LogP contribution in [-0.4, -0.2) is 74.7 Å². The largest absolute Gasteiger partial charge is 0.395 e. The summed E-state index contributed by atoms with van der Waals surface area (Å²) in [6.45, 7) is 8.16. The summed E-state index contributed by atoms with van der Waals surface area (Å²) in [7, 11) is 0. The lowest BCUT2D eigenvalue weighted by atomic mass is 9.72. The zero-order valence-corrected chi connectivity index (χ0v) is 17.2. The molecule has 28 heavy (non-hydrogen) atoms. The number of aryl methyl sites for hydroxylation is 1. The first-order chi connectivity index (χ1) is 13.4. The van der Waals surface area contributed by atoms with Gasteiger partial charge in [-0.1, -0.05) is 6.42 Å². The lowest BCUT2D eigenvalue weighted by Gasteiger charge is -2.56. The fourth-order valence-electron chi connectivity index (χ4n) is 5.95. The molecule has 1 aromatic heterocycles. The fraction of sp³-hybridized carbons (Fsp3) is 0.762. The predicted octanol–water partition coefficient (Wildman–Crippen LogP) is 1.40. The Bertz CT molecular complexity index is 760. The van der Waals surface area contributed by atoms with Gasteiger partial charge in [0.2, 0.25) is 5.91 Å². The molecule has 154 valence electrons. The summed E-state index contributed by atoms with van der Waals surface area (Å²) in [6.07, 6.45) is 4.75. The molecule has 0 aliphatic carbocycles.